The highest BCUT2D eigenvalue weighted by atomic mass is 79.9. The first kappa shape index (κ1) is 10.3. The van der Waals surface area contributed by atoms with Crippen molar-refractivity contribution in [3.8, 4) is 0 Å². The number of nitrogens with one attached hydrogen (secondary N) is 1. The lowest BCUT2D eigenvalue weighted by molar-refractivity contribution is -0.132. The molecule has 1 N–H and O–H groups in total. The second-order valence-corrected chi connectivity index (χ2v) is 5.26. The molecule has 2 atom stereocenters. The van der Waals surface area contributed by atoms with Crippen molar-refractivity contribution in [3.63, 3.8) is 0 Å². The van der Waals surface area contributed by atoms with Crippen molar-refractivity contribution in [2.24, 2.45) is 0 Å². The van der Waals surface area contributed by atoms with E-state index < -0.39 is 0 Å². The fourth-order valence-electron chi connectivity index (χ4n) is 2.54. The highest BCUT2D eigenvalue weighted by Gasteiger charge is 2.44. The largest absolute Gasteiger partial charge is 0.333 e. The molecule has 1 amide bonds. The topological polar surface area (TPSA) is 32.3 Å². The summed E-state index contributed by atoms with van der Waals surface area (Å²) >= 11 is 3.52. The van der Waals surface area contributed by atoms with E-state index in [0.717, 1.165) is 24.0 Å². The number of piperazine rings is 1. The highest BCUT2D eigenvalue weighted by Crippen LogP contribution is 2.28. The number of carbonyl (C=O) groups is 1. The molecule has 84 valence electrons. The van der Waals surface area contributed by atoms with Gasteiger partial charge in [-0.3, -0.25) is 4.79 Å². The van der Waals surface area contributed by atoms with Gasteiger partial charge >= 0.3 is 0 Å². The third-order valence-electron chi connectivity index (χ3n) is 3.43. The molecule has 1 aromatic carbocycles. The number of hydrogen-bond donors (Lipinski definition) is 1. The molecule has 4 heteroatoms. The summed E-state index contributed by atoms with van der Waals surface area (Å²) in [7, 11) is 0. The minimum Gasteiger partial charge on any atom is -0.333 e. The summed E-state index contributed by atoms with van der Waals surface area (Å²) in [5.41, 5.74) is 1.18. The van der Waals surface area contributed by atoms with Gasteiger partial charge in [-0.2, -0.15) is 0 Å². The Labute approximate surface area is 103 Å². The maximum atomic E-state index is 11.9. The number of rotatable bonds is 2. The molecule has 2 fully saturated rings. The SMILES string of the molecule is O=C1C2CC(CN2)N1Cc1ccccc1Br. The third-order valence-corrected chi connectivity index (χ3v) is 4.20. The first-order valence-corrected chi connectivity index (χ1v) is 6.32. The summed E-state index contributed by atoms with van der Waals surface area (Å²) in [6, 6.07) is 8.56. The molecule has 0 aliphatic carbocycles. The summed E-state index contributed by atoms with van der Waals surface area (Å²) in [4.78, 5) is 13.9. The zero-order chi connectivity index (χ0) is 11.1. The zero-order valence-corrected chi connectivity index (χ0v) is 10.4. The van der Waals surface area contributed by atoms with Crippen LogP contribution in [0.25, 0.3) is 0 Å². The van der Waals surface area contributed by atoms with Gasteiger partial charge in [-0.15, -0.1) is 0 Å². The number of nitrogens with zero attached hydrogens (tertiary/aromatic N) is 1. The van der Waals surface area contributed by atoms with E-state index in [-0.39, 0.29) is 11.9 Å². The number of hydrogen-bond acceptors (Lipinski definition) is 2. The van der Waals surface area contributed by atoms with E-state index in [1.807, 2.05) is 23.1 Å². The fraction of sp³-hybridized carbons (Fsp3) is 0.417. The third kappa shape index (κ3) is 1.57. The van der Waals surface area contributed by atoms with Crippen molar-refractivity contribution in [2.45, 2.75) is 25.0 Å². The van der Waals surface area contributed by atoms with Crippen LogP contribution < -0.4 is 5.32 Å². The molecule has 1 aromatic rings. The van der Waals surface area contributed by atoms with Crippen LogP contribution in [0.15, 0.2) is 28.7 Å². The van der Waals surface area contributed by atoms with E-state index >= 15 is 0 Å². The Kier molecular flexibility index (Phi) is 2.48. The van der Waals surface area contributed by atoms with Crippen LogP contribution in [0, 0.1) is 0 Å². The highest BCUT2D eigenvalue weighted by molar-refractivity contribution is 9.10. The second-order valence-electron chi connectivity index (χ2n) is 4.41. The number of likely N-dealkylation sites (tertiary alicyclic amines) is 1. The molecular formula is C12H13BrN2O. The van der Waals surface area contributed by atoms with Gasteiger partial charge in [-0.05, 0) is 18.1 Å². The summed E-state index contributed by atoms with van der Waals surface area (Å²) in [5, 5.41) is 3.23. The van der Waals surface area contributed by atoms with Crippen molar-refractivity contribution < 1.29 is 4.79 Å². The number of benzene rings is 1. The molecule has 0 spiro atoms. The van der Waals surface area contributed by atoms with Gasteiger partial charge in [0.1, 0.15) is 0 Å². The molecule has 3 rings (SSSR count). The number of amides is 1. The van der Waals surface area contributed by atoms with Gasteiger partial charge in [-0.1, -0.05) is 34.1 Å². The Hall–Kier alpha value is -0.870. The van der Waals surface area contributed by atoms with E-state index in [9.17, 15) is 4.79 Å². The lowest BCUT2D eigenvalue weighted by atomic mass is 10.2. The van der Waals surface area contributed by atoms with Gasteiger partial charge in [0, 0.05) is 23.6 Å². The van der Waals surface area contributed by atoms with Crippen molar-refractivity contribution in [2.75, 3.05) is 6.54 Å². The van der Waals surface area contributed by atoms with Gasteiger partial charge in [0.25, 0.3) is 0 Å². The minimum absolute atomic E-state index is 0.0764. The maximum Gasteiger partial charge on any atom is 0.240 e. The molecule has 0 aromatic heterocycles. The summed E-state index contributed by atoms with van der Waals surface area (Å²) < 4.78 is 1.08. The molecule has 3 nitrogen and oxygen atoms in total. The van der Waals surface area contributed by atoms with Gasteiger partial charge in [-0.25, -0.2) is 0 Å². The average molecular weight is 281 g/mol. The molecule has 2 aliphatic heterocycles. The van der Waals surface area contributed by atoms with Crippen LogP contribution in [-0.2, 0) is 11.3 Å². The van der Waals surface area contributed by atoms with Crippen LogP contribution in [0.3, 0.4) is 0 Å². The molecule has 2 aliphatic rings. The van der Waals surface area contributed by atoms with Crippen LogP contribution in [-0.4, -0.2) is 29.4 Å². The predicted molar refractivity (Wildman–Crippen MR) is 64.9 cm³/mol. The minimum atomic E-state index is 0.0764. The van der Waals surface area contributed by atoms with Crippen LogP contribution >= 0.6 is 15.9 Å². The number of carbonyl (C=O) groups excluding carboxylic acids is 1. The first-order valence-electron chi connectivity index (χ1n) is 5.53. The Balaban J connectivity index is 1.81. The molecule has 2 bridgehead atoms. The van der Waals surface area contributed by atoms with E-state index in [0.29, 0.717) is 6.04 Å². The Morgan fingerprint density at radius 3 is 2.94 bits per heavy atom. The predicted octanol–water partition coefficient (Wildman–Crippen LogP) is 1.52. The van der Waals surface area contributed by atoms with E-state index in [4.69, 9.17) is 0 Å². The standard InChI is InChI=1S/C12H13BrN2O/c13-10-4-2-1-3-8(10)7-15-9-5-11(12(15)16)14-6-9/h1-4,9,11,14H,5-7H2. The molecule has 2 heterocycles. The van der Waals surface area contributed by atoms with Crippen LogP contribution in [0.2, 0.25) is 0 Å². The summed E-state index contributed by atoms with van der Waals surface area (Å²) in [6.07, 6.45) is 0.975. The average Bonchev–Trinajstić information content (AvgIpc) is 2.85. The lowest BCUT2D eigenvalue weighted by Crippen LogP contribution is -2.47. The van der Waals surface area contributed by atoms with Crippen molar-refractivity contribution in [1.29, 1.82) is 0 Å². The van der Waals surface area contributed by atoms with Crippen molar-refractivity contribution >= 4 is 21.8 Å². The Bertz CT molecular complexity index is 435. The van der Waals surface area contributed by atoms with Crippen molar-refractivity contribution in [1.82, 2.24) is 10.2 Å². The van der Waals surface area contributed by atoms with E-state index in [2.05, 4.69) is 27.3 Å². The van der Waals surface area contributed by atoms with Gasteiger partial charge < -0.3 is 10.2 Å². The zero-order valence-electron chi connectivity index (χ0n) is 8.82. The Morgan fingerprint density at radius 2 is 2.25 bits per heavy atom. The summed E-state index contributed by atoms with van der Waals surface area (Å²) in [5.74, 6) is 0.256. The van der Waals surface area contributed by atoms with Gasteiger partial charge in [0.15, 0.2) is 0 Å². The lowest BCUT2D eigenvalue weighted by Gasteiger charge is -2.27. The fourth-order valence-corrected chi connectivity index (χ4v) is 2.95. The normalized spacial score (nSPS) is 27.8. The van der Waals surface area contributed by atoms with E-state index in [1.54, 1.807) is 0 Å². The van der Waals surface area contributed by atoms with E-state index in [1.165, 1.54) is 5.56 Å². The van der Waals surface area contributed by atoms with Crippen LogP contribution in [0.4, 0.5) is 0 Å². The number of halogens is 1. The van der Waals surface area contributed by atoms with Crippen molar-refractivity contribution in [3.05, 3.63) is 34.3 Å². The molecule has 0 radical (unpaired) electrons. The summed E-state index contributed by atoms with van der Waals surface area (Å²) in [6.45, 7) is 1.67. The quantitative estimate of drug-likeness (QED) is 0.891. The Morgan fingerprint density at radius 1 is 1.44 bits per heavy atom. The smallest absolute Gasteiger partial charge is 0.240 e. The number of fused-ring (bicyclic) bond motifs is 2. The molecule has 2 unspecified atom stereocenters. The molecule has 0 saturated carbocycles. The molecule has 2 saturated heterocycles. The monoisotopic (exact) mass is 280 g/mol. The van der Waals surface area contributed by atoms with Crippen LogP contribution in [0.1, 0.15) is 12.0 Å². The second kappa shape index (κ2) is 3.86. The first-order chi connectivity index (χ1) is 7.75. The maximum absolute atomic E-state index is 11.9. The molecule has 16 heavy (non-hydrogen) atoms. The van der Waals surface area contributed by atoms with Gasteiger partial charge in [0.2, 0.25) is 5.91 Å². The van der Waals surface area contributed by atoms with Gasteiger partial charge in [0.05, 0.1) is 6.04 Å². The molecular weight excluding hydrogens is 268 g/mol. The van der Waals surface area contributed by atoms with Crippen LogP contribution in [0.5, 0.6) is 0 Å².